The largest absolute Gasteiger partial charge is 0.369 e. The molecule has 0 aromatic carbocycles. The molecule has 18 heavy (non-hydrogen) atoms. The van der Waals surface area contributed by atoms with Gasteiger partial charge in [0.15, 0.2) is 0 Å². The zero-order valence-corrected chi connectivity index (χ0v) is 11.8. The minimum atomic E-state index is 0.729. The van der Waals surface area contributed by atoms with Crippen LogP contribution >= 0.6 is 11.8 Å². The van der Waals surface area contributed by atoms with E-state index in [1.54, 1.807) is 12.4 Å². The molecule has 4 nitrogen and oxygen atoms in total. The fourth-order valence-electron chi connectivity index (χ4n) is 1.98. The van der Waals surface area contributed by atoms with Crippen molar-refractivity contribution in [1.29, 1.82) is 0 Å². The summed E-state index contributed by atoms with van der Waals surface area (Å²) < 4.78 is 0. The Morgan fingerprint density at radius 2 is 2.11 bits per heavy atom. The van der Waals surface area contributed by atoms with E-state index in [2.05, 4.69) is 39.3 Å². The lowest BCUT2D eigenvalue weighted by Crippen LogP contribution is -2.20. The first-order chi connectivity index (χ1) is 8.88. The summed E-state index contributed by atoms with van der Waals surface area (Å²) in [6.45, 7) is 4.08. The lowest BCUT2D eigenvalue weighted by molar-refractivity contribution is 0.677. The molecule has 1 unspecified atom stereocenters. The van der Waals surface area contributed by atoms with Gasteiger partial charge in [0.2, 0.25) is 0 Å². The topological polar surface area (TPSA) is 49.8 Å². The van der Waals surface area contributed by atoms with E-state index in [1.165, 1.54) is 25.0 Å². The molecule has 2 rings (SSSR count). The second-order valence-corrected chi connectivity index (χ2v) is 5.99. The number of anilines is 2. The van der Waals surface area contributed by atoms with Crippen molar-refractivity contribution in [1.82, 2.24) is 9.97 Å². The van der Waals surface area contributed by atoms with Crippen LogP contribution in [0.3, 0.4) is 0 Å². The second-order valence-electron chi connectivity index (χ2n) is 4.59. The highest BCUT2D eigenvalue weighted by atomic mass is 32.2. The van der Waals surface area contributed by atoms with Crippen LogP contribution in [0, 0.1) is 0 Å². The van der Waals surface area contributed by atoms with Crippen LogP contribution in [0.25, 0.3) is 0 Å². The standard InChI is InChI=1S/C13H22N4S/c1-2-6-15-12-9-14-10-13(17-12)16-8-11-5-3-4-7-18-11/h9-11H,2-8H2,1H3,(H2,15,16,17). The van der Waals surface area contributed by atoms with Crippen LogP contribution in [0.2, 0.25) is 0 Å². The van der Waals surface area contributed by atoms with Gasteiger partial charge < -0.3 is 10.6 Å². The van der Waals surface area contributed by atoms with Crippen molar-refractivity contribution in [3.8, 4) is 0 Å². The molecule has 2 N–H and O–H groups in total. The van der Waals surface area contributed by atoms with Crippen molar-refractivity contribution in [2.45, 2.75) is 37.9 Å². The van der Waals surface area contributed by atoms with Crippen molar-refractivity contribution in [3.05, 3.63) is 12.4 Å². The number of nitrogens with one attached hydrogen (secondary N) is 2. The van der Waals surface area contributed by atoms with Gasteiger partial charge in [-0.25, -0.2) is 4.98 Å². The van der Waals surface area contributed by atoms with E-state index in [0.717, 1.165) is 36.4 Å². The maximum absolute atomic E-state index is 4.50. The molecule has 1 aliphatic rings. The molecule has 1 aromatic heterocycles. The molecule has 0 amide bonds. The highest BCUT2D eigenvalue weighted by Crippen LogP contribution is 2.25. The van der Waals surface area contributed by atoms with E-state index < -0.39 is 0 Å². The summed E-state index contributed by atoms with van der Waals surface area (Å²) in [6, 6.07) is 0. The summed E-state index contributed by atoms with van der Waals surface area (Å²) in [5.41, 5.74) is 0. The Labute approximate surface area is 113 Å². The van der Waals surface area contributed by atoms with Gasteiger partial charge in [0.05, 0.1) is 12.4 Å². The lowest BCUT2D eigenvalue weighted by atomic mass is 10.2. The summed E-state index contributed by atoms with van der Waals surface area (Å²) in [6.07, 6.45) is 8.72. The van der Waals surface area contributed by atoms with Crippen molar-refractivity contribution >= 4 is 23.4 Å². The normalized spacial score (nSPS) is 19.5. The summed E-state index contributed by atoms with van der Waals surface area (Å²) >= 11 is 2.07. The van der Waals surface area contributed by atoms with Crippen LogP contribution < -0.4 is 10.6 Å². The van der Waals surface area contributed by atoms with Crippen LogP contribution in [0.5, 0.6) is 0 Å². The molecule has 1 fully saturated rings. The zero-order valence-electron chi connectivity index (χ0n) is 11.0. The van der Waals surface area contributed by atoms with Gasteiger partial charge in [-0.3, -0.25) is 4.98 Å². The highest BCUT2D eigenvalue weighted by Gasteiger charge is 2.13. The van der Waals surface area contributed by atoms with E-state index in [0.29, 0.717) is 0 Å². The molecule has 100 valence electrons. The molecule has 1 atom stereocenters. The fraction of sp³-hybridized carbons (Fsp3) is 0.692. The van der Waals surface area contributed by atoms with Crippen LogP contribution in [0.4, 0.5) is 11.6 Å². The predicted octanol–water partition coefficient (Wildman–Crippen LogP) is 3.00. The van der Waals surface area contributed by atoms with E-state index in [4.69, 9.17) is 0 Å². The second kappa shape index (κ2) is 7.46. The van der Waals surface area contributed by atoms with Gasteiger partial charge in [-0.05, 0) is 25.0 Å². The first-order valence-electron chi connectivity index (χ1n) is 6.80. The molecular weight excluding hydrogens is 244 g/mol. The fourth-order valence-corrected chi connectivity index (χ4v) is 3.21. The average molecular weight is 266 g/mol. The van der Waals surface area contributed by atoms with E-state index in [1.807, 2.05) is 0 Å². The average Bonchev–Trinajstić information content (AvgIpc) is 2.44. The third-order valence-electron chi connectivity index (χ3n) is 2.98. The lowest BCUT2D eigenvalue weighted by Gasteiger charge is -2.21. The van der Waals surface area contributed by atoms with Crippen LogP contribution in [-0.4, -0.2) is 34.1 Å². The molecule has 0 radical (unpaired) electrons. The third-order valence-corrected chi connectivity index (χ3v) is 4.37. The number of aromatic nitrogens is 2. The number of thioether (sulfide) groups is 1. The summed E-state index contributed by atoms with van der Waals surface area (Å²) in [4.78, 5) is 8.71. The Bertz CT molecular complexity index is 353. The van der Waals surface area contributed by atoms with Gasteiger partial charge in [0, 0.05) is 18.3 Å². The molecule has 0 spiro atoms. The minimum absolute atomic E-state index is 0.729. The monoisotopic (exact) mass is 266 g/mol. The molecule has 1 aliphatic heterocycles. The molecule has 1 saturated heterocycles. The van der Waals surface area contributed by atoms with Gasteiger partial charge in [-0.1, -0.05) is 13.3 Å². The van der Waals surface area contributed by atoms with Gasteiger partial charge in [0.25, 0.3) is 0 Å². The highest BCUT2D eigenvalue weighted by molar-refractivity contribution is 7.99. The smallest absolute Gasteiger partial charge is 0.146 e. The Balaban J connectivity index is 1.80. The quantitative estimate of drug-likeness (QED) is 0.829. The van der Waals surface area contributed by atoms with Crippen LogP contribution in [0.1, 0.15) is 32.6 Å². The van der Waals surface area contributed by atoms with Crippen LogP contribution in [0.15, 0.2) is 12.4 Å². The Morgan fingerprint density at radius 3 is 2.83 bits per heavy atom. The SMILES string of the molecule is CCCNc1cncc(NCC2CCCCS2)n1. The van der Waals surface area contributed by atoms with Crippen molar-refractivity contribution in [2.75, 3.05) is 29.5 Å². The van der Waals surface area contributed by atoms with Gasteiger partial charge >= 0.3 is 0 Å². The maximum atomic E-state index is 4.50. The third kappa shape index (κ3) is 4.37. The van der Waals surface area contributed by atoms with Crippen LogP contribution in [-0.2, 0) is 0 Å². The summed E-state index contributed by atoms with van der Waals surface area (Å²) in [7, 11) is 0. The van der Waals surface area contributed by atoms with Crippen molar-refractivity contribution < 1.29 is 0 Å². The number of hydrogen-bond acceptors (Lipinski definition) is 5. The molecule has 5 heteroatoms. The van der Waals surface area contributed by atoms with E-state index >= 15 is 0 Å². The summed E-state index contributed by atoms with van der Waals surface area (Å²) in [5.74, 6) is 3.04. The number of nitrogens with zero attached hydrogens (tertiary/aromatic N) is 2. The van der Waals surface area contributed by atoms with Gasteiger partial charge in [-0.2, -0.15) is 11.8 Å². The first kappa shape index (κ1) is 13.5. The Hall–Kier alpha value is -0.970. The van der Waals surface area contributed by atoms with E-state index in [9.17, 15) is 0 Å². The van der Waals surface area contributed by atoms with Crippen molar-refractivity contribution in [3.63, 3.8) is 0 Å². The predicted molar refractivity (Wildman–Crippen MR) is 79.4 cm³/mol. The first-order valence-corrected chi connectivity index (χ1v) is 7.84. The molecule has 0 bridgehead atoms. The Morgan fingerprint density at radius 1 is 1.28 bits per heavy atom. The maximum Gasteiger partial charge on any atom is 0.146 e. The molecular formula is C13H22N4S. The number of rotatable bonds is 6. The molecule has 1 aromatic rings. The minimum Gasteiger partial charge on any atom is -0.369 e. The zero-order chi connectivity index (χ0) is 12.6. The number of hydrogen-bond donors (Lipinski definition) is 2. The van der Waals surface area contributed by atoms with Crippen molar-refractivity contribution in [2.24, 2.45) is 0 Å². The molecule has 0 saturated carbocycles. The Kier molecular flexibility index (Phi) is 5.58. The van der Waals surface area contributed by atoms with Gasteiger partial charge in [0.1, 0.15) is 11.6 Å². The summed E-state index contributed by atoms with van der Waals surface area (Å²) in [5, 5.41) is 7.38. The van der Waals surface area contributed by atoms with Gasteiger partial charge in [-0.15, -0.1) is 0 Å². The van der Waals surface area contributed by atoms with E-state index in [-0.39, 0.29) is 0 Å². The molecule has 2 heterocycles. The molecule has 0 aliphatic carbocycles.